The van der Waals surface area contributed by atoms with Crippen LogP contribution in [-0.4, -0.2) is 43.3 Å². The summed E-state index contributed by atoms with van der Waals surface area (Å²) in [5.74, 6) is 0.915. The molecule has 0 atom stereocenters. The molecule has 134 valence electrons. The van der Waals surface area contributed by atoms with E-state index in [9.17, 15) is 0 Å². The zero-order chi connectivity index (χ0) is 14.8. The maximum atomic E-state index is 5.67. The molecule has 2 heterocycles. The van der Waals surface area contributed by atoms with Crippen LogP contribution < -0.4 is 5.32 Å². The average Bonchev–Trinajstić information content (AvgIpc) is 2.98. The Hall–Kier alpha value is -1.10. The molecular formula is C18H26Cl2N2O2. The van der Waals surface area contributed by atoms with Crippen LogP contribution >= 0.6 is 24.8 Å². The molecule has 0 amide bonds. The molecular weight excluding hydrogens is 347 g/mol. The molecule has 24 heavy (non-hydrogen) atoms. The second kappa shape index (κ2) is 8.84. The highest BCUT2D eigenvalue weighted by Gasteiger charge is 2.27. The molecule has 0 spiro atoms. The van der Waals surface area contributed by atoms with E-state index in [0.29, 0.717) is 25.3 Å². The van der Waals surface area contributed by atoms with E-state index in [0.717, 1.165) is 19.0 Å². The number of ether oxygens (including phenoxy) is 2. The highest BCUT2D eigenvalue weighted by atomic mass is 35.5. The summed E-state index contributed by atoms with van der Waals surface area (Å²) in [5, 5.41) is 3.87. The molecule has 1 aromatic rings. The van der Waals surface area contributed by atoms with Crippen molar-refractivity contribution in [3.63, 3.8) is 0 Å². The Morgan fingerprint density at radius 3 is 2.17 bits per heavy atom. The minimum absolute atomic E-state index is 0. The number of hydrogen-bond donors (Lipinski definition) is 1. The summed E-state index contributed by atoms with van der Waals surface area (Å²) in [6.07, 6.45) is 6.48. The fourth-order valence-corrected chi connectivity index (χ4v) is 3.80. The second-order valence-electron chi connectivity index (χ2n) is 6.48. The lowest BCUT2D eigenvalue weighted by Crippen LogP contribution is -2.46. The number of benzene rings is 1. The molecule has 1 fully saturated rings. The van der Waals surface area contributed by atoms with Crippen LogP contribution in [0.2, 0.25) is 0 Å². The van der Waals surface area contributed by atoms with Crippen molar-refractivity contribution in [1.82, 2.24) is 10.2 Å². The quantitative estimate of drug-likeness (QED) is 0.884. The predicted molar refractivity (Wildman–Crippen MR) is 99.9 cm³/mol. The highest BCUT2D eigenvalue weighted by molar-refractivity contribution is 5.85. The van der Waals surface area contributed by atoms with E-state index in [2.05, 4.69) is 34.5 Å². The van der Waals surface area contributed by atoms with E-state index in [1.54, 1.807) is 6.26 Å². The number of likely N-dealkylation sites (tertiary alicyclic amines) is 1. The van der Waals surface area contributed by atoms with Gasteiger partial charge in [-0.15, -0.1) is 24.8 Å². The lowest BCUT2D eigenvalue weighted by Gasteiger charge is -2.36. The van der Waals surface area contributed by atoms with Crippen LogP contribution in [0.4, 0.5) is 0 Å². The first-order valence-corrected chi connectivity index (χ1v) is 8.41. The van der Waals surface area contributed by atoms with E-state index < -0.39 is 0 Å². The summed E-state index contributed by atoms with van der Waals surface area (Å²) in [4.78, 5) is 2.31. The Morgan fingerprint density at radius 2 is 1.58 bits per heavy atom. The minimum atomic E-state index is 0. The molecule has 0 aromatic heterocycles. The minimum Gasteiger partial charge on any atom is -0.492 e. The van der Waals surface area contributed by atoms with E-state index in [4.69, 9.17) is 9.47 Å². The lowest BCUT2D eigenvalue weighted by atomic mass is 10.0. The molecule has 1 N–H and O–H groups in total. The van der Waals surface area contributed by atoms with Crippen LogP contribution in [0.25, 0.3) is 0 Å². The summed E-state index contributed by atoms with van der Waals surface area (Å²) in [6.45, 7) is 3.44. The van der Waals surface area contributed by atoms with Gasteiger partial charge < -0.3 is 19.7 Å². The standard InChI is InChI=1S/C18H24N2O2.2ClH/c1-2-4-15-12-17(11-14(15)3-1)19-16-5-7-20(8-6-16)18-13-21-9-10-22-18;;/h1-4,13,16-17,19H,5-12H2;2*1H. The molecule has 2 aliphatic heterocycles. The van der Waals surface area contributed by atoms with Gasteiger partial charge in [-0.05, 0) is 36.8 Å². The normalized spacial score (nSPS) is 20.8. The molecule has 4 nitrogen and oxygen atoms in total. The summed E-state index contributed by atoms with van der Waals surface area (Å²) >= 11 is 0. The molecule has 6 heteroatoms. The fourth-order valence-electron chi connectivity index (χ4n) is 3.80. The zero-order valence-electron chi connectivity index (χ0n) is 13.8. The number of nitrogens with one attached hydrogen (secondary N) is 1. The van der Waals surface area contributed by atoms with Gasteiger partial charge in [0.15, 0.2) is 0 Å². The van der Waals surface area contributed by atoms with Crippen LogP contribution in [0.3, 0.4) is 0 Å². The van der Waals surface area contributed by atoms with Gasteiger partial charge in [-0.1, -0.05) is 24.3 Å². The van der Waals surface area contributed by atoms with E-state index in [1.807, 2.05) is 0 Å². The van der Waals surface area contributed by atoms with E-state index in [1.165, 1.54) is 36.8 Å². The van der Waals surface area contributed by atoms with Gasteiger partial charge in [-0.3, -0.25) is 0 Å². The highest BCUT2D eigenvalue weighted by Crippen LogP contribution is 2.24. The van der Waals surface area contributed by atoms with Crippen LogP contribution in [0.15, 0.2) is 36.4 Å². The first-order valence-electron chi connectivity index (χ1n) is 8.41. The Balaban J connectivity index is 0.00000104. The average molecular weight is 373 g/mol. The Labute approximate surface area is 156 Å². The summed E-state index contributed by atoms with van der Waals surface area (Å²) < 4.78 is 11.0. The molecule has 3 aliphatic rings. The van der Waals surface area contributed by atoms with Crippen molar-refractivity contribution in [2.75, 3.05) is 26.3 Å². The summed E-state index contributed by atoms with van der Waals surface area (Å²) in [5.41, 5.74) is 3.05. The summed E-state index contributed by atoms with van der Waals surface area (Å²) in [7, 11) is 0. The molecule has 0 radical (unpaired) electrons. The van der Waals surface area contributed by atoms with E-state index >= 15 is 0 Å². The van der Waals surface area contributed by atoms with Gasteiger partial charge in [0.05, 0.1) is 0 Å². The van der Waals surface area contributed by atoms with Crippen molar-refractivity contribution < 1.29 is 9.47 Å². The van der Waals surface area contributed by atoms with Gasteiger partial charge in [-0.2, -0.15) is 0 Å². The third-order valence-corrected chi connectivity index (χ3v) is 4.96. The Bertz CT molecular complexity index is 535. The van der Waals surface area contributed by atoms with Gasteiger partial charge in [-0.25, -0.2) is 0 Å². The number of piperidine rings is 1. The monoisotopic (exact) mass is 372 g/mol. The maximum Gasteiger partial charge on any atom is 0.225 e. The predicted octanol–water partition coefficient (Wildman–Crippen LogP) is 2.90. The first kappa shape index (κ1) is 19.2. The molecule has 1 saturated heterocycles. The van der Waals surface area contributed by atoms with Crippen LogP contribution in [0, 0.1) is 0 Å². The van der Waals surface area contributed by atoms with Crippen LogP contribution in [0.5, 0.6) is 0 Å². The van der Waals surface area contributed by atoms with Gasteiger partial charge in [0, 0.05) is 25.2 Å². The number of nitrogens with zero attached hydrogens (tertiary/aromatic N) is 1. The lowest BCUT2D eigenvalue weighted by molar-refractivity contribution is 0.0219. The SMILES string of the molecule is C1=C(N2CCC(NC3Cc4ccccc4C3)CC2)OCCO1.Cl.Cl. The Kier molecular flexibility index (Phi) is 7.08. The smallest absolute Gasteiger partial charge is 0.225 e. The van der Waals surface area contributed by atoms with Gasteiger partial charge in [0.2, 0.25) is 5.88 Å². The van der Waals surface area contributed by atoms with Crippen molar-refractivity contribution in [3.8, 4) is 0 Å². The van der Waals surface area contributed by atoms with Crippen molar-refractivity contribution >= 4 is 24.8 Å². The molecule has 4 rings (SSSR count). The fraction of sp³-hybridized carbons (Fsp3) is 0.556. The van der Waals surface area contributed by atoms with Crippen molar-refractivity contribution in [2.45, 2.75) is 37.8 Å². The topological polar surface area (TPSA) is 33.7 Å². The van der Waals surface area contributed by atoms with Gasteiger partial charge in [0.1, 0.15) is 19.5 Å². The van der Waals surface area contributed by atoms with Crippen molar-refractivity contribution in [3.05, 3.63) is 47.5 Å². The van der Waals surface area contributed by atoms with Crippen LogP contribution in [0.1, 0.15) is 24.0 Å². The second-order valence-corrected chi connectivity index (χ2v) is 6.48. The zero-order valence-corrected chi connectivity index (χ0v) is 15.4. The molecule has 0 unspecified atom stereocenters. The summed E-state index contributed by atoms with van der Waals surface area (Å²) in [6, 6.07) is 10.1. The third kappa shape index (κ3) is 4.29. The Morgan fingerprint density at radius 1 is 0.917 bits per heavy atom. The van der Waals surface area contributed by atoms with E-state index in [-0.39, 0.29) is 24.8 Å². The first-order chi connectivity index (χ1) is 10.9. The number of rotatable bonds is 3. The van der Waals surface area contributed by atoms with Gasteiger partial charge >= 0.3 is 0 Å². The maximum absolute atomic E-state index is 5.67. The number of fused-ring (bicyclic) bond motifs is 1. The van der Waals surface area contributed by atoms with Crippen LogP contribution in [-0.2, 0) is 22.3 Å². The molecule has 1 aliphatic carbocycles. The molecule has 1 aromatic carbocycles. The van der Waals surface area contributed by atoms with Gasteiger partial charge in [0.25, 0.3) is 0 Å². The molecule has 0 bridgehead atoms. The number of halogens is 2. The van der Waals surface area contributed by atoms with Crippen molar-refractivity contribution in [1.29, 1.82) is 0 Å². The molecule has 0 saturated carbocycles. The largest absolute Gasteiger partial charge is 0.492 e. The number of hydrogen-bond acceptors (Lipinski definition) is 4. The van der Waals surface area contributed by atoms with Crippen molar-refractivity contribution in [2.24, 2.45) is 0 Å². The third-order valence-electron chi connectivity index (χ3n) is 4.96.